The van der Waals surface area contributed by atoms with Crippen LogP contribution in [0.3, 0.4) is 0 Å². The quantitative estimate of drug-likeness (QED) is 0.254. The molecule has 3 N–H and O–H groups in total. The monoisotopic (exact) mass is 481 g/mol. The molecule has 14 heteroatoms. The molecule has 0 bridgehead atoms. The summed E-state index contributed by atoms with van der Waals surface area (Å²) in [6, 6.07) is 3.32. The van der Waals surface area contributed by atoms with Crippen LogP contribution in [0.4, 0.5) is 4.79 Å². The lowest BCUT2D eigenvalue weighted by Crippen LogP contribution is -2.71. The topological polar surface area (TPSA) is 173 Å². The van der Waals surface area contributed by atoms with Gasteiger partial charge in [-0.05, 0) is 19.4 Å². The van der Waals surface area contributed by atoms with Crippen molar-refractivity contribution < 1.29 is 36.9 Å². The number of nitrogens with one attached hydrogen (secondary N) is 2. The summed E-state index contributed by atoms with van der Waals surface area (Å²) in [5.41, 5.74) is 0.320. The first-order valence-electron chi connectivity index (χ1n) is 10.0. The van der Waals surface area contributed by atoms with Crippen LogP contribution >= 0.6 is 0 Å². The maximum atomic E-state index is 13.0. The highest BCUT2D eigenvalue weighted by molar-refractivity contribution is 7.84. The van der Waals surface area contributed by atoms with Gasteiger partial charge in [0.25, 0.3) is 5.91 Å². The van der Waals surface area contributed by atoms with Crippen molar-refractivity contribution in [2.24, 2.45) is 0 Å². The Hall–Kier alpha value is -3.52. The van der Waals surface area contributed by atoms with Gasteiger partial charge < -0.3 is 15.5 Å². The number of likely N-dealkylation sites (N-methyl/N-ethyl adjacent to an activating group) is 1. The van der Waals surface area contributed by atoms with Crippen LogP contribution in [0, 0.1) is 0 Å². The van der Waals surface area contributed by atoms with Crippen molar-refractivity contribution in [2.45, 2.75) is 32.0 Å². The molecule has 1 aromatic rings. The van der Waals surface area contributed by atoms with E-state index in [4.69, 9.17) is 4.55 Å². The molecule has 2 aliphatic heterocycles. The number of carbonyl (C=O) groups excluding carboxylic acids is 5. The third-order valence-corrected chi connectivity index (χ3v) is 6.49. The number of benzene rings is 1. The van der Waals surface area contributed by atoms with Crippen LogP contribution in [0.1, 0.15) is 25.5 Å². The molecule has 6 amide bonds. The van der Waals surface area contributed by atoms with Crippen LogP contribution in [0.25, 0.3) is 0 Å². The minimum absolute atomic E-state index is 0.0607. The molecule has 13 nitrogen and oxygen atoms in total. The smallest absolute Gasteiger partial charge is 0.340 e. The molecular weight excluding hydrogens is 458 g/mol. The van der Waals surface area contributed by atoms with E-state index in [2.05, 4.69) is 10.6 Å². The van der Waals surface area contributed by atoms with E-state index in [1.54, 1.807) is 25.1 Å². The maximum Gasteiger partial charge on any atom is 0.362 e. The number of carbonyl (C=O) groups is 5. The Labute approximate surface area is 189 Å². The predicted molar refractivity (Wildman–Crippen MR) is 111 cm³/mol. The number of imide groups is 1. The van der Waals surface area contributed by atoms with Crippen LogP contribution in [0.15, 0.2) is 30.3 Å². The summed E-state index contributed by atoms with van der Waals surface area (Å²) in [5.74, 6) is -3.74. The van der Waals surface area contributed by atoms with E-state index in [9.17, 15) is 32.4 Å². The molecule has 3 rings (SSSR count). The SMILES string of the molecule is CCN1CCN(C(=O)NC(C(=O)N[C@@H]2C(=O)N(S(=O)(=O)O)[C@H]2C)c2ccccc2)C(=O)C1=O. The van der Waals surface area contributed by atoms with Crippen molar-refractivity contribution in [2.75, 3.05) is 19.6 Å². The number of urea groups is 1. The van der Waals surface area contributed by atoms with E-state index in [0.717, 1.165) is 0 Å². The minimum atomic E-state index is -4.77. The Morgan fingerprint density at radius 3 is 2.30 bits per heavy atom. The van der Waals surface area contributed by atoms with Gasteiger partial charge >= 0.3 is 28.1 Å². The lowest BCUT2D eigenvalue weighted by molar-refractivity contribution is -0.153. The number of rotatable bonds is 6. The number of amides is 6. The number of hydrogen-bond acceptors (Lipinski definition) is 7. The van der Waals surface area contributed by atoms with E-state index < -0.39 is 58.1 Å². The van der Waals surface area contributed by atoms with Crippen LogP contribution in [0.2, 0.25) is 0 Å². The number of β-lactam (4-membered cyclic amide) rings is 1. The Kier molecular flexibility index (Phi) is 6.69. The van der Waals surface area contributed by atoms with E-state index >= 15 is 0 Å². The van der Waals surface area contributed by atoms with Gasteiger partial charge in [0.15, 0.2) is 0 Å². The van der Waals surface area contributed by atoms with Gasteiger partial charge in [0.05, 0.1) is 6.04 Å². The van der Waals surface area contributed by atoms with Gasteiger partial charge in [0, 0.05) is 19.6 Å². The van der Waals surface area contributed by atoms with Crippen molar-refractivity contribution in [3.05, 3.63) is 35.9 Å². The van der Waals surface area contributed by atoms with Gasteiger partial charge in [-0.25, -0.2) is 9.10 Å². The average molecular weight is 481 g/mol. The molecule has 178 valence electrons. The van der Waals surface area contributed by atoms with Gasteiger partial charge in [-0.3, -0.25) is 28.6 Å². The van der Waals surface area contributed by atoms with Crippen LogP contribution in [-0.4, -0.2) is 88.5 Å². The average Bonchev–Trinajstić information content (AvgIpc) is 2.77. The summed E-state index contributed by atoms with van der Waals surface area (Å²) in [5, 5.41) is 4.76. The first-order valence-corrected chi connectivity index (χ1v) is 11.4. The Balaban J connectivity index is 1.77. The fraction of sp³-hybridized carbons (Fsp3) is 0.421. The molecule has 2 aliphatic rings. The zero-order valence-electron chi connectivity index (χ0n) is 17.8. The van der Waals surface area contributed by atoms with E-state index in [1.807, 2.05) is 0 Å². The summed E-state index contributed by atoms with van der Waals surface area (Å²) in [4.78, 5) is 64.3. The molecule has 0 spiro atoms. The van der Waals surface area contributed by atoms with Crippen molar-refractivity contribution >= 4 is 40.0 Å². The largest absolute Gasteiger partial charge is 0.362 e. The fourth-order valence-electron chi connectivity index (χ4n) is 3.66. The lowest BCUT2D eigenvalue weighted by atomic mass is 9.99. The summed E-state index contributed by atoms with van der Waals surface area (Å²) in [6.07, 6.45) is 0. The number of hydrogen-bond donors (Lipinski definition) is 3. The molecule has 0 saturated carbocycles. The first-order chi connectivity index (χ1) is 15.5. The van der Waals surface area contributed by atoms with Crippen LogP contribution in [-0.2, 0) is 29.5 Å². The highest BCUT2D eigenvalue weighted by Gasteiger charge is 2.52. The highest BCUT2D eigenvalue weighted by Crippen LogP contribution is 2.24. The Bertz CT molecular complexity index is 1090. The summed E-state index contributed by atoms with van der Waals surface area (Å²) < 4.78 is 31.9. The van der Waals surface area contributed by atoms with Gasteiger partial charge in [-0.1, -0.05) is 30.3 Å². The van der Waals surface area contributed by atoms with Crippen LogP contribution < -0.4 is 10.6 Å². The minimum Gasteiger partial charge on any atom is -0.340 e. The summed E-state index contributed by atoms with van der Waals surface area (Å²) >= 11 is 0. The molecule has 2 fully saturated rings. The molecule has 0 radical (unpaired) electrons. The molecule has 0 aliphatic carbocycles. The molecule has 3 atom stereocenters. The van der Waals surface area contributed by atoms with Gasteiger partial charge in [0.1, 0.15) is 12.1 Å². The molecule has 2 heterocycles. The van der Waals surface area contributed by atoms with Crippen molar-refractivity contribution in [1.82, 2.24) is 24.7 Å². The van der Waals surface area contributed by atoms with Crippen molar-refractivity contribution in [1.29, 1.82) is 0 Å². The Morgan fingerprint density at radius 1 is 1.12 bits per heavy atom. The summed E-state index contributed by atoms with van der Waals surface area (Å²) in [6.45, 7) is 3.41. The summed E-state index contributed by atoms with van der Waals surface area (Å²) in [7, 11) is -4.77. The van der Waals surface area contributed by atoms with E-state index in [0.29, 0.717) is 17.0 Å². The van der Waals surface area contributed by atoms with Crippen LogP contribution in [0.5, 0.6) is 0 Å². The van der Waals surface area contributed by atoms with Gasteiger partial charge in [-0.2, -0.15) is 8.42 Å². The normalized spacial score (nSPS) is 22.0. The Morgan fingerprint density at radius 2 is 1.76 bits per heavy atom. The standard InChI is InChI=1S/C19H23N5O8S/c1-3-22-9-10-23(18(28)17(22)27)19(29)21-14(12-7-5-4-6-8-12)15(25)20-13-11(2)24(16(13)26)33(30,31)32/h4-8,11,13-14H,3,9-10H2,1-2H3,(H,20,25)(H,21,29)(H,30,31,32)/t11-,13-,14?/m0/s1. The molecule has 0 aromatic heterocycles. The molecule has 1 unspecified atom stereocenters. The molecular formula is C19H23N5O8S. The fourth-order valence-corrected chi connectivity index (χ4v) is 4.54. The second kappa shape index (κ2) is 9.15. The highest BCUT2D eigenvalue weighted by atomic mass is 32.2. The second-order valence-corrected chi connectivity index (χ2v) is 8.76. The zero-order valence-corrected chi connectivity index (χ0v) is 18.6. The third-order valence-electron chi connectivity index (χ3n) is 5.48. The van der Waals surface area contributed by atoms with Gasteiger partial charge in [0.2, 0.25) is 5.91 Å². The molecule has 33 heavy (non-hydrogen) atoms. The van der Waals surface area contributed by atoms with Crippen molar-refractivity contribution in [3.63, 3.8) is 0 Å². The van der Waals surface area contributed by atoms with Crippen molar-refractivity contribution in [3.8, 4) is 0 Å². The van der Waals surface area contributed by atoms with E-state index in [-0.39, 0.29) is 17.4 Å². The molecule has 1 aromatic carbocycles. The second-order valence-electron chi connectivity index (χ2n) is 7.47. The third kappa shape index (κ3) is 4.66. The number of piperazine rings is 1. The van der Waals surface area contributed by atoms with E-state index in [1.165, 1.54) is 24.0 Å². The van der Waals surface area contributed by atoms with Gasteiger partial charge in [-0.15, -0.1) is 0 Å². The first kappa shape index (κ1) is 24.1. The molecule has 2 saturated heterocycles. The maximum absolute atomic E-state index is 13.0. The lowest BCUT2D eigenvalue weighted by Gasteiger charge is -2.42. The number of nitrogens with zero attached hydrogens (tertiary/aromatic N) is 3. The predicted octanol–water partition coefficient (Wildman–Crippen LogP) is -1.35. The zero-order chi connectivity index (χ0) is 24.5.